The van der Waals surface area contributed by atoms with Crippen LogP contribution in [0.5, 0.6) is 0 Å². The van der Waals surface area contributed by atoms with E-state index in [4.69, 9.17) is 0 Å². The molecule has 4 rings (SSSR count). The van der Waals surface area contributed by atoms with Gasteiger partial charge in [0, 0.05) is 45.7 Å². The zero-order chi connectivity index (χ0) is 23.2. The van der Waals surface area contributed by atoms with Gasteiger partial charge in [-0.25, -0.2) is 0 Å². The maximum Gasteiger partial charge on any atom is 0.251 e. The quantitative estimate of drug-likeness (QED) is 0.342. The average molecular weight is 460 g/mol. The van der Waals surface area contributed by atoms with Gasteiger partial charge in [-0.05, 0) is 49.0 Å². The number of hydrogen-bond acceptors (Lipinski definition) is 5. The van der Waals surface area contributed by atoms with Crippen molar-refractivity contribution in [2.75, 3.05) is 31.5 Å². The van der Waals surface area contributed by atoms with Crippen molar-refractivity contribution in [3.05, 3.63) is 88.1 Å². The molecule has 0 saturated carbocycles. The van der Waals surface area contributed by atoms with Crippen LogP contribution in [0.2, 0.25) is 0 Å². The average Bonchev–Trinajstić information content (AvgIpc) is 2.86. The number of rotatable bonds is 9. The van der Waals surface area contributed by atoms with E-state index in [0.717, 1.165) is 52.2 Å². The molecule has 5 nitrogen and oxygen atoms in total. The van der Waals surface area contributed by atoms with Crippen LogP contribution in [0.1, 0.15) is 29.8 Å². The van der Waals surface area contributed by atoms with Gasteiger partial charge in [0.1, 0.15) is 0 Å². The second-order valence-electron chi connectivity index (χ2n) is 7.91. The number of likely N-dealkylation sites (N-methyl/N-ethyl adjacent to an activating group) is 1. The van der Waals surface area contributed by atoms with Gasteiger partial charge in [-0.2, -0.15) is 0 Å². The summed E-state index contributed by atoms with van der Waals surface area (Å²) >= 11 is 1.60. The maximum absolute atomic E-state index is 13.5. The summed E-state index contributed by atoms with van der Waals surface area (Å²) in [6.07, 6.45) is 0. The van der Waals surface area contributed by atoms with Gasteiger partial charge in [-0.15, -0.1) is 11.3 Å². The zero-order valence-corrected chi connectivity index (χ0v) is 19.9. The van der Waals surface area contributed by atoms with Crippen LogP contribution in [0.3, 0.4) is 0 Å². The van der Waals surface area contributed by atoms with Crippen LogP contribution in [0.15, 0.2) is 71.5 Å². The molecule has 0 bridgehead atoms. The molecular formula is C27H29N3O2S. The third-order valence-corrected chi connectivity index (χ3v) is 7.17. The first-order valence-corrected chi connectivity index (χ1v) is 12.2. The van der Waals surface area contributed by atoms with E-state index >= 15 is 0 Å². The molecule has 1 amide bonds. The van der Waals surface area contributed by atoms with Gasteiger partial charge in [0.15, 0.2) is 5.43 Å². The Kier molecular flexibility index (Phi) is 7.37. The molecule has 0 aliphatic rings. The summed E-state index contributed by atoms with van der Waals surface area (Å²) in [5.74, 6) is -0.127. The van der Waals surface area contributed by atoms with Crippen LogP contribution >= 0.6 is 11.3 Å². The maximum atomic E-state index is 13.5. The van der Waals surface area contributed by atoms with Crippen molar-refractivity contribution in [1.82, 2.24) is 10.2 Å². The van der Waals surface area contributed by atoms with Gasteiger partial charge < -0.3 is 15.5 Å². The summed E-state index contributed by atoms with van der Waals surface area (Å²) in [6, 6.07) is 20.9. The summed E-state index contributed by atoms with van der Waals surface area (Å²) in [5.41, 5.74) is 2.44. The molecule has 2 N–H and O–H groups in total. The van der Waals surface area contributed by atoms with Crippen molar-refractivity contribution in [1.29, 1.82) is 0 Å². The first kappa shape index (κ1) is 23.0. The lowest BCUT2D eigenvalue weighted by atomic mass is 10.1. The molecule has 33 heavy (non-hydrogen) atoms. The summed E-state index contributed by atoms with van der Waals surface area (Å²) in [7, 11) is 0. The fraction of sp³-hybridized carbons (Fsp3) is 0.259. The molecule has 0 spiro atoms. The summed E-state index contributed by atoms with van der Waals surface area (Å²) < 4.78 is 1.87. The standard InChI is InChI=1S/C27H29N3O2S/c1-3-30(4-2)17-16-28-22-15-14-20(18-29-27(32)19-10-6-5-7-11-19)26-24(22)25(31)21-12-8-9-13-23(21)33-26/h5-15,28H,3-4,16-18H2,1-2H3,(H,29,32). The Bertz CT molecular complexity index is 1310. The third-order valence-electron chi connectivity index (χ3n) is 5.92. The fourth-order valence-electron chi connectivity index (χ4n) is 4.00. The Morgan fingerprint density at radius 3 is 2.42 bits per heavy atom. The SMILES string of the molecule is CCN(CC)CCNc1ccc(CNC(=O)c2ccccc2)c2sc3ccccc3c(=O)c12. The number of amides is 1. The highest BCUT2D eigenvalue weighted by molar-refractivity contribution is 7.24. The lowest BCUT2D eigenvalue weighted by Crippen LogP contribution is -2.28. The molecule has 4 aromatic rings. The predicted molar refractivity (Wildman–Crippen MR) is 139 cm³/mol. The van der Waals surface area contributed by atoms with Crippen molar-refractivity contribution in [3.8, 4) is 0 Å². The molecule has 1 aromatic heterocycles. The highest BCUT2D eigenvalue weighted by Crippen LogP contribution is 2.32. The van der Waals surface area contributed by atoms with Crippen molar-refractivity contribution < 1.29 is 4.79 Å². The molecule has 0 atom stereocenters. The molecule has 0 aliphatic heterocycles. The van der Waals surface area contributed by atoms with Crippen molar-refractivity contribution in [2.45, 2.75) is 20.4 Å². The number of nitrogens with one attached hydrogen (secondary N) is 2. The molecule has 0 aliphatic carbocycles. The molecule has 1 heterocycles. The highest BCUT2D eigenvalue weighted by atomic mass is 32.1. The normalized spacial score (nSPS) is 11.2. The Labute approximate surface area is 198 Å². The number of hydrogen-bond donors (Lipinski definition) is 2. The van der Waals surface area contributed by atoms with Crippen LogP contribution in [-0.2, 0) is 6.54 Å². The Balaban J connectivity index is 1.69. The third kappa shape index (κ3) is 5.07. The smallest absolute Gasteiger partial charge is 0.251 e. The molecule has 170 valence electrons. The zero-order valence-electron chi connectivity index (χ0n) is 19.1. The minimum Gasteiger partial charge on any atom is -0.383 e. The number of carbonyl (C=O) groups excluding carboxylic acids is 1. The van der Waals surface area contributed by atoms with E-state index in [1.807, 2.05) is 54.6 Å². The van der Waals surface area contributed by atoms with Crippen LogP contribution < -0.4 is 16.1 Å². The van der Waals surface area contributed by atoms with Crippen LogP contribution in [0.4, 0.5) is 5.69 Å². The molecule has 6 heteroatoms. The van der Waals surface area contributed by atoms with Gasteiger partial charge in [0.2, 0.25) is 0 Å². The number of nitrogens with zero attached hydrogens (tertiary/aromatic N) is 1. The molecule has 0 fully saturated rings. The Morgan fingerprint density at radius 2 is 1.67 bits per heavy atom. The topological polar surface area (TPSA) is 61.4 Å². The highest BCUT2D eigenvalue weighted by Gasteiger charge is 2.15. The first-order chi connectivity index (χ1) is 16.1. The minimum absolute atomic E-state index is 0.0286. The van der Waals surface area contributed by atoms with Crippen LogP contribution in [-0.4, -0.2) is 37.0 Å². The monoisotopic (exact) mass is 459 g/mol. The van der Waals surface area contributed by atoms with Gasteiger partial charge in [0.05, 0.1) is 5.39 Å². The van der Waals surface area contributed by atoms with Gasteiger partial charge in [-0.1, -0.05) is 50.2 Å². The fourth-order valence-corrected chi connectivity index (χ4v) is 5.21. The van der Waals surface area contributed by atoms with Gasteiger partial charge in [0.25, 0.3) is 5.91 Å². The van der Waals surface area contributed by atoms with Crippen molar-refractivity contribution >= 4 is 43.1 Å². The number of carbonyl (C=O) groups is 1. The van der Waals surface area contributed by atoms with Gasteiger partial charge in [-0.3, -0.25) is 9.59 Å². The van der Waals surface area contributed by atoms with Crippen LogP contribution in [0, 0.1) is 0 Å². The predicted octanol–water partition coefficient (Wildman–Crippen LogP) is 5.10. The molecule has 0 saturated heterocycles. The van der Waals surface area contributed by atoms with Crippen LogP contribution in [0.25, 0.3) is 20.2 Å². The van der Waals surface area contributed by atoms with Crippen molar-refractivity contribution in [3.63, 3.8) is 0 Å². The number of benzene rings is 3. The van der Waals surface area contributed by atoms with E-state index in [2.05, 4.69) is 29.4 Å². The first-order valence-electron chi connectivity index (χ1n) is 11.4. The second-order valence-corrected chi connectivity index (χ2v) is 8.96. The largest absolute Gasteiger partial charge is 0.383 e. The van der Waals surface area contributed by atoms with Gasteiger partial charge >= 0.3 is 0 Å². The van der Waals surface area contributed by atoms with E-state index in [-0.39, 0.29) is 11.3 Å². The number of fused-ring (bicyclic) bond motifs is 2. The summed E-state index contributed by atoms with van der Waals surface area (Å²) in [5, 5.41) is 7.92. The molecule has 3 aromatic carbocycles. The summed E-state index contributed by atoms with van der Waals surface area (Å²) in [6.45, 7) is 8.34. The van der Waals surface area contributed by atoms with Crippen molar-refractivity contribution in [2.24, 2.45) is 0 Å². The van der Waals surface area contributed by atoms with E-state index in [1.54, 1.807) is 23.5 Å². The van der Waals surface area contributed by atoms with E-state index in [0.29, 0.717) is 17.5 Å². The molecule has 0 unspecified atom stereocenters. The Morgan fingerprint density at radius 1 is 0.939 bits per heavy atom. The molecular weight excluding hydrogens is 430 g/mol. The molecule has 0 radical (unpaired) electrons. The Hall–Kier alpha value is -3.22. The van der Waals surface area contributed by atoms with E-state index in [9.17, 15) is 9.59 Å². The lowest BCUT2D eigenvalue weighted by Gasteiger charge is -2.19. The van der Waals surface area contributed by atoms with E-state index < -0.39 is 0 Å². The minimum atomic E-state index is -0.127. The number of anilines is 1. The summed E-state index contributed by atoms with van der Waals surface area (Å²) in [4.78, 5) is 28.4. The second kappa shape index (κ2) is 10.6. The van der Waals surface area contributed by atoms with E-state index in [1.165, 1.54) is 0 Å². The lowest BCUT2D eigenvalue weighted by molar-refractivity contribution is 0.0951.